The Balaban J connectivity index is 2.89. The average Bonchev–Trinajstić information content (AvgIpc) is 2.30. The van der Waals surface area contributed by atoms with E-state index in [2.05, 4.69) is 32.2 Å². The molecule has 0 aromatic carbocycles. The Morgan fingerprint density at radius 1 is 0.588 bits per heavy atom. The molecule has 2 heteroatoms. The lowest BCUT2D eigenvalue weighted by atomic mass is 10.0. The van der Waals surface area contributed by atoms with Gasteiger partial charge in [0.1, 0.15) is 0 Å². The van der Waals surface area contributed by atoms with Gasteiger partial charge in [-0.25, -0.2) is 0 Å². The second-order valence-corrected chi connectivity index (χ2v) is 6.81. The van der Waals surface area contributed by atoms with Crippen molar-refractivity contribution in [2.45, 2.75) is 95.0 Å². The zero-order chi connectivity index (χ0) is 12.8. The predicted octanol–water partition coefficient (Wildman–Crippen LogP) is 6.26. The maximum atomic E-state index is 4.27. The van der Waals surface area contributed by atoms with E-state index in [4.69, 9.17) is 0 Å². The summed E-state index contributed by atoms with van der Waals surface area (Å²) in [5.41, 5.74) is 0. The number of hydrogen-bond acceptors (Lipinski definition) is 2. The normalized spacial score (nSPS) is 11.3. The molecule has 0 heterocycles. The summed E-state index contributed by atoms with van der Waals surface area (Å²) in [4.78, 5) is 0. The van der Waals surface area contributed by atoms with Crippen molar-refractivity contribution >= 4 is 25.3 Å². The minimum absolute atomic E-state index is 0.290. The first kappa shape index (κ1) is 17.7. The second-order valence-electron chi connectivity index (χ2n) is 5.16. The largest absolute Gasteiger partial charge is 0.165 e. The van der Waals surface area contributed by atoms with Gasteiger partial charge in [0.15, 0.2) is 0 Å². The van der Waals surface area contributed by atoms with Crippen molar-refractivity contribution in [2.75, 3.05) is 0 Å². The van der Waals surface area contributed by atoms with Crippen LogP contribution >= 0.6 is 25.3 Å². The number of rotatable bonds is 13. The van der Waals surface area contributed by atoms with Crippen LogP contribution in [0.2, 0.25) is 0 Å². The SMILES string of the molecule is CCCCCCCCCCCCCCC(S)S. The van der Waals surface area contributed by atoms with Gasteiger partial charge in [-0.1, -0.05) is 84.0 Å². The van der Waals surface area contributed by atoms with Gasteiger partial charge in [0, 0.05) is 4.58 Å². The van der Waals surface area contributed by atoms with Gasteiger partial charge in [0.2, 0.25) is 0 Å². The first-order valence-corrected chi connectivity index (χ1v) is 8.66. The zero-order valence-corrected chi connectivity index (χ0v) is 13.5. The molecular weight excluding hydrogens is 244 g/mol. The Morgan fingerprint density at radius 2 is 0.941 bits per heavy atom. The van der Waals surface area contributed by atoms with Gasteiger partial charge < -0.3 is 0 Å². The van der Waals surface area contributed by atoms with Gasteiger partial charge in [0.05, 0.1) is 0 Å². The summed E-state index contributed by atoms with van der Waals surface area (Å²) in [6, 6.07) is 0. The third-order valence-electron chi connectivity index (χ3n) is 3.32. The second kappa shape index (κ2) is 14.8. The van der Waals surface area contributed by atoms with Crippen LogP contribution in [0.15, 0.2) is 0 Å². The summed E-state index contributed by atoms with van der Waals surface area (Å²) in [6.45, 7) is 2.28. The lowest BCUT2D eigenvalue weighted by Gasteiger charge is -2.04. The summed E-state index contributed by atoms with van der Waals surface area (Å²) >= 11 is 8.54. The molecule has 0 spiro atoms. The zero-order valence-electron chi connectivity index (χ0n) is 11.7. The van der Waals surface area contributed by atoms with Crippen LogP contribution in [0.3, 0.4) is 0 Å². The summed E-state index contributed by atoms with van der Waals surface area (Å²) in [5.74, 6) is 0. The fraction of sp³-hybridized carbons (Fsp3) is 1.00. The van der Waals surface area contributed by atoms with Crippen LogP contribution in [-0.4, -0.2) is 4.58 Å². The van der Waals surface area contributed by atoms with E-state index in [1.165, 1.54) is 77.0 Å². The van der Waals surface area contributed by atoms with E-state index >= 15 is 0 Å². The van der Waals surface area contributed by atoms with E-state index < -0.39 is 0 Å². The Kier molecular flexibility index (Phi) is 15.4. The van der Waals surface area contributed by atoms with Gasteiger partial charge in [-0.05, 0) is 6.42 Å². The first-order chi connectivity index (χ1) is 8.27. The molecule has 0 radical (unpaired) electrons. The highest BCUT2D eigenvalue weighted by Gasteiger charge is 1.96. The molecule has 0 amide bonds. The van der Waals surface area contributed by atoms with Crippen molar-refractivity contribution in [3.05, 3.63) is 0 Å². The molecule has 0 saturated heterocycles. The van der Waals surface area contributed by atoms with Crippen molar-refractivity contribution in [1.82, 2.24) is 0 Å². The van der Waals surface area contributed by atoms with Crippen molar-refractivity contribution in [1.29, 1.82) is 0 Å². The topological polar surface area (TPSA) is 0 Å². The Labute approximate surface area is 120 Å². The molecule has 104 valence electrons. The molecular formula is C15H32S2. The van der Waals surface area contributed by atoms with E-state index in [1.807, 2.05) is 0 Å². The molecule has 17 heavy (non-hydrogen) atoms. The molecule has 0 aromatic rings. The monoisotopic (exact) mass is 276 g/mol. The fourth-order valence-electron chi connectivity index (χ4n) is 2.17. The van der Waals surface area contributed by atoms with Crippen LogP contribution < -0.4 is 0 Å². The van der Waals surface area contributed by atoms with Gasteiger partial charge in [-0.15, -0.1) is 0 Å². The molecule has 0 N–H and O–H groups in total. The maximum absolute atomic E-state index is 4.27. The average molecular weight is 277 g/mol. The Hall–Kier alpha value is 0.700. The number of thiol groups is 2. The highest BCUT2D eigenvalue weighted by atomic mass is 32.2. The smallest absolute Gasteiger partial charge is 0.0442 e. The number of hydrogen-bond donors (Lipinski definition) is 2. The van der Waals surface area contributed by atoms with Gasteiger partial charge in [0.25, 0.3) is 0 Å². The van der Waals surface area contributed by atoms with E-state index in [0.717, 1.165) is 6.42 Å². The summed E-state index contributed by atoms with van der Waals surface area (Å²) in [5, 5.41) is 0. The molecule has 0 atom stereocenters. The van der Waals surface area contributed by atoms with Crippen LogP contribution in [0.1, 0.15) is 90.4 Å². The van der Waals surface area contributed by atoms with Crippen LogP contribution in [-0.2, 0) is 0 Å². The lowest BCUT2D eigenvalue weighted by Crippen LogP contribution is -1.87. The van der Waals surface area contributed by atoms with Crippen molar-refractivity contribution in [3.8, 4) is 0 Å². The van der Waals surface area contributed by atoms with E-state index in [-0.39, 0.29) is 4.58 Å². The van der Waals surface area contributed by atoms with Crippen LogP contribution in [0.5, 0.6) is 0 Å². The lowest BCUT2D eigenvalue weighted by molar-refractivity contribution is 0.542. The molecule has 0 rings (SSSR count). The first-order valence-electron chi connectivity index (χ1n) is 7.63. The van der Waals surface area contributed by atoms with E-state index in [1.54, 1.807) is 0 Å². The summed E-state index contributed by atoms with van der Waals surface area (Å²) < 4.78 is 0.290. The molecule has 0 saturated carbocycles. The van der Waals surface area contributed by atoms with E-state index in [0.29, 0.717) is 0 Å². The van der Waals surface area contributed by atoms with Crippen molar-refractivity contribution < 1.29 is 0 Å². The minimum atomic E-state index is 0.290. The Bertz CT molecular complexity index is 135. The van der Waals surface area contributed by atoms with Gasteiger partial charge in [-0.3, -0.25) is 0 Å². The molecule has 0 aliphatic rings. The third-order valence-corrected chi connectivity index (χ3v) is 3.83. The van der Waals surface area contributed by atoms with Crippen molar-refractivity contribution in [2.24, 2.45) is 0 Å². The highest BCUT2D eigenvalue weighted by Crippen LogP contribution is 2.15. The maximum Gasteiger partial charge on any atom is 0.0442 e. The molecule has 0 aliphatic heterocycles. The van der Waals surface area contributed by atoms with Crippen LogP contribution in [0.25, 0.3) is 0 Å². The molecule has 0 aliphatic carbocycles. The fourth-order valence-corrected chi connectivity index (χ4v) is 2.53. The van der Waals surface area contributed by atoms with Crippen LogP contribution in [0, 0.1) is 0 Å². The number of unbranched alkanes of at least 4 members (excludes halogenated alkanes) is 11. The summed E-state index contributed by atoms with van der Waals surface area (Å²) in [6.07, 6.45) is 18.2. The summed E-state index contributed by atoms with van der Waals surface area (Å²) in [7, 11) is 0. The van der Waals surface area contributed by atoms with Gasteiger partial charge >= 0.3 is 0 Å². The highest BCUT2D eigenvalue weighted by molar-refractivity contribution is 7.99. The van der Waals surface area contributed by atoms with Crippen molar-refractivity contribution in [3.63, 3.8) is 0 Å². The third kappa shape index (κ3) is 16.7. The molecule has 0 nitrogen and oxygen atoms in total. The standard InChI is InChI=1S/C15H32S2/c1-2-3-4-5-6-7-8-9-10-11-12-13-14-15(16)17/h15-17H,2-14H2,1H3. The molecule has 0 bridgehead atoms. The molecule has 0 unspecified atom stereocenters. The quantitative estimate of drug-likeness (QED) is 0.221. The minimum Gasteiger partial charge on any atom is -0.165 e. The molecule has 0 aromatic heterocycles. The Morgan fingerprint density at radius 3 is 1.29 bits per heavy atom. The molecule has 0 fully saturated rings. The predicted molar refractivity (Wildman–Crippen MR) is 87.5 cm³/mol. The van der Waals surface area contributed by atoms with Gasteiger partial charge in [-0.2, -0.15) is 25.3 Å². The van der Waals surface area contributed by atoms with E-state index in [9.17, 15) is 0 Å². The van der Waals surface area contributed by atoms with Crippen LogP contribution in [0.4, 0.5) is 0 Å².